The second-order valence-corrected chi connectivity index (χ2v) is 4.05. The van der Waals surface area contributed by atoms with Crippen molar-refractivity contribution in [2.45, 2.75) is 12.8 Å². The van der Waals surface area contributed by atoms with E-state index in [9.17, 15) is 4.79 Å². The van der Waals surface area contributed by atoms with Crippen molar-refractivity contribution >= 4 is 5.78 Å². The predicted molar refractivity (Wildman–Crippen MR) is 68.1 cm³/mol. The topological polar surface area (TPSA) is 53.8 Å². The molecule has 0 radical (unpaired) electrons. The van der Waals surface area contributed by atoms with Crippen LogP contribution in [-0.2, 0) is 0 Å². The van der Waals surface area contributed by atoms with Gasteiger partial charge in [-0.3, -0.25) is 9.78 Å². The largest absolute Gasteiger partial charge is 0.292 e. The molecule has 88 valence electrons. The van der Waals surface area contributed by atoms with E-state index in [0.717, 1.165) is 5.56 Å². The van der Waals surface area contributed by atoms with Crippen molar-refractivity contribution in [1.82, 2.24) is 4.98 Å². The molecule has 1 aromatic heterocycles. The third-order valence-corrected chi connectivity index (χ3v) is 2.71. The number of aryl methyl sites for hydroxylation is 1. The summed E-state index contributed by atoms with van der Waals surface area (Å²) in [7, 11) is 0. The Kier molecular flexibility index (Phi) is 3.49. The Hall–Kier alpha value is -2.47. The minimum Gasteiger partial charge on any atom is -0.292 e. The molecule has 18 heavy (non-hydrogen) atoms. The summed E-state index contributed by atoms with van der Waals surface area (Å²) in [5, 5.41) is 9.15. The standard InChI is InChI=1S/C15H12N2O/c1-11-5-7-12(8-6-11)15(18)13(10-16)14-4-2-3-9-17-14/h2-9,13H,1H3. The molecule has 1 aromatic carbocycles. The van der Waals surface area contributed by atoms with Crippen LogP contribution < -0.4 is 0 Å². The van der Waals surface area contributed by atoms with E-state index in [1.54, 1.807) is 36.5 Å². The number of aromatic nitrogens is 1. The number of nitrogens with zero attached hydrogens (tertiary/aromatic N) is 2. The second-order valence-electron chi connectivity index (χ2n) is 4.05. The van der Waals surface area contributed by atoms with Gasteiger partial charge in [0.2, 0.25) is 0 Å². The van der Waals surface area contributed by atoms with E-state index in [1.165, 1.54) is 0 Å². The molecule has 0 N–H and O–H groups in total. The van der Waals surface area contributed by atoms with Crippen LogP contribution in [0.1, 0.15) is 27.5 Å². The summed E-state index contributed by atoms with van der Waals surface area (Å²) < 4.78 is 0. The van der Waals surface area contributed by atoms with Gasteiger partial charge in [-0.1, -0.05) is 35.9 Å². The normalized spacial score (nSPS) is 11.6. The fraction of sp³-hybridized carbons (Fsp3) is 0.133. The minimum atomic E-state index is -0.839. The van der Waals surface area contributed by atoms with E-state index < -0.39 is 5.92 Å². The van der Waals surface area contributed by atoms with Crippen LogP contribution in [0.25, 0.3) is 0 Å². The van der Waals surface area contributed by atoms with E-state index in [2.05, 4.69) is 4.98 Å². The Morgan fingerprint density at radius 2 is 1.94 bits per heavy atom. The highest BCUT2D eigenvalue weighted by Gasteiger charge is 2.22. The lowest BCUT2D eigenvalue weighted by Crippen LogP contribution is -2.12. The molecule has 1 unspecified atom stereocenters. The monoisotopic (exact) mass is 236 g/mol. The van der Waals surface area contributed by atoms with E-state index in [-0.39, 0.29) is 5.78 Å². The van der Waals surface area contributed by atoms with Gasteiger partial charge in [0.15, 0.2) is 11.7 Å². The first-order chi connectivity index (χ1) is 8.72. The molecule has 0 aliphatic heterocycles. The maximum Gasteiger partial charge on any atom is 0.186 e. The van der Waals surface area contributed by atoms with Crippen molar-refractivity contribution < 1.29 is 4.79 Å². The summed E-state index contributed by atoms with van der Waals surface area (Å²) in [6, 6.07) is 14.4. The predicted octanol–water partition coefficient (Wildman–Crippen LogP) is 2.88. The summed E-state index contributed by atoms with van der Waals surface area (Å²) in [5.41, 5.74) is 2.11. The van der Waals surface area contributed by atoms with Crippen LogP contribution in [-0.4, -0.2) is 10.8 Å². The van der Waals surface area contributed by atoms with Crippen molar-refractivity contribution in [1.29, 1.82) is 5.26 Å². The number of ketones is 1. The Labute approximate surface area is 106 Å². The number of nitriles is 1. The van der Waals surface area contributed by atoms with E-state index in [4.69, 9.17) is 5.26 Å². The maximum atomic E-state index is 12.2. The van der Waals surface area contributed by atoms with Gasteiger partial charge in [0.1, 0.15) is 0 Å². The lowest BCUT2D eigenvalue weighted by Gasteiger charge is -2.07. The number of hydrogen-bond donors (Lipinski definition) is 0. The number of carbonyl (C=O) groups is 1. The van der Waals surface area contributed by atoms with Gasteiger partial charge in [0, 0.05) is 11.8 Å². The molecule has 1 heterocycles. The Bertz CT molecular complexity index is 582. The molecule has 0 saturated carbocycles. The van der Waals surface area contributed by atoms with Crippen molar-refractivity contribution in [2.24, 2.45) is 0 Å². The van der Waals surface area contributed by atoms with Crippen LogP contribution in [0.3, 0.4) is 0 Å². The SMILES string of the molecule is Cc1ccc(C(=O)C(C#N)c2ccccn2)cc1. The van der Waals surface area contributed by atoms with Gasteiger partial charge in [-0.2, -0.15) is 5.26 Å². The van der Waals surface area contributed by atoms with Gasteiger partial charge in [0.25, 0.3) is 0 Å². The minimum absolute atomic E-state index is 0.212. The maximum absolute atomic E-state index is 12.2. The molecule has 1 atom stereocenters. The Balaban J connectivity index is 2.32. The number of hydrogen-bond acceptors (Lipinski definition) is 3. The number of rotatable bonds is 3. The molecule has 0 aliphatic rings. The summed E-state index contributed by atoms with van der Waals surface area (Å²) in [6.45, 7) is 1.95. The summed E-state index contributed by atoms with van der Waals surface area (Å²) in [5.74, 6) is -1.05. The van der Waals surface area contributed by atoms with Crippen LogP contribution in [0.15, 0.2) is 48.7 Å². The summed E-state index contributed by atoms with van der Waals surface area (Å²) in [6.07, 6.45) is 1.59. The molecule has 3 heteroatoms. The summed E-state index contributed by atoms with van der Waals surface area (Å²) >= 11 is 0. The third-order valence-electron chi connectivity index (χ3n) is 2.71. The summed E-state index contributed by atoms with van der Waals surface area (Å²) in [4.78, 5) is 16.3. The van der Waals surface area contributed by atoms with Crippen LogP contribution in [0, 0.1) is 18.3 Å². The lowest BCUT2D eigenvalue weighted by atomic mass is 9.95. The lowest BCUT2D eigenvalue weighted by molar-refractivity contribution is 0.0977. The average molecular weight is 236 g/mol. The molecule has 0 fully saturated rings. The van der Waals surface area contributed by atoms with E-state index >= 15 is 0 Å². The zero-order chi connectivity index (χ0) is 13.0. The molecule has 0 aliphatic carbocycles. The molecular weight excluding hydrogens is 224 g/mol. The van der Waals surface area contributed by atoms with Crippen LogP contribution in [0.4, 0.5) is 0 Å². The Morgan fingerprint density at radius 1 is 1.22 bits per heavy atom. The molecule has 3 nitrogen and oxygen atoms in total. The van der Waals surface area contributed by atoms with E-state index in [1.807, 2.05) is 25.1 Å². The smallest absolute Gasteiger partial charge is 0.186 e. The molecular formula is C15H12N2O. The van der Waals surface area contributed by atoms with Gasteiger partial charge in [0.05, 0.1) is 11.8 Å². The van der Waals surface area contributed by atoms with Gasteiger partial charge in [-0.25, -0.2) is 0 Å². The molecule has 2 rings (SSSR count). The van der Waals surface area contributed by atoms with Crippen LogP contribution in [0.2, 0.25) is 0 Å². The van der Waals surface area contributed by atoms with E-state index in [0.29, 0.717) is 11.3 Å². The fourth-order valence-electron chi connectivity index (χ4n) is 1.69. The number of carbonyl (C=O) groups excluding carboxylic acids is 1. The van der Waals surface area contributed by atoms with Crippen molar-refractivity contribution in [3.05, 3.63) is 65.5 Å². The molecule has 0 spiro atoms. The van der Waals surface area contributed by atoms with Gasteiger partial charge < -0.3 is 0 Å². The number of benzene rings is 1. The fourth-order valence-corrected chi connectivity index (χ4v) is 1.69. The van der Waals surface area contributed by atoms with Crippen molar-refractivity contribution in [3.63, 3.8) is 0 Å². The first-order valence-electron chi connectivity index (χ1n) is 5.64. The zero-order valence-electron chi connectivity index (χ0n) is 10.00. The third kappa shape index (κ3) is 2.44. The highest BCUT2D eigenvalue weighted by atomic mass is 16.1. The van der Waals surface area contributed by atoms with Crippen molar-refractivity contribution in [2.75, 3.05) is 0 Å². The number of pyridine rings is 1. The highest BCUT2D eigenvalue weighted by Crippen LogP contribution is 2.18. The van der Waals surface area contributed by atoms with Crippen molar-refractivity contribution in [3.8, 4) is 6.07 Å². The average Bonchev–Trinajstić information content (AvgIpc) is 2.41. The van der Waals surface area contributed by atoms with Crippen LogP contribution >= 0.6 is 0 Å². The molecule has 2 aromatic rings. The zero-order valence-corrected chi connectivity index (χ0v) is 10.00. The highest BCUT2D eigenvalue weighted by molar-refractivity contribution is 6.02. The number of Topliss-reactive ketones (excluding diaryl/α,β-unsaturated/α-hetero) is 1. The molecule has 0 bridgehead atoms. The molecule has 0 saturated heterocycles. The van der Waals surface area contributed by atoms with Gasteiger partial charge in [-0.15, -0.1) is 0 Å². The van der Waals surface area contributed by atoms with Gasteiger partial charge >= 0.3 is 0 Å². The Morgan fingerprint density at radius 3 is 2.50 bits per heavy atom. The second kappa shape index (κ2) is 5.24. The first kappa shape index (κ1) is 12.0. The first-order valence-corrected chi connectivity index (χ1v) is 5.64. The molecule has 0 amide bonds. The van der Waals surface area contributed by atoms with Crippen LogP contribution in [0.5, 0.6) is 0 Å². The van der Waals surface area contributed by atoms with Gasteiger partial charge in [-0.05, 0) is 19.1 Å². The quantitative estimate of drug-likeness (QED) is 0.770.